The fourth-order valence-corrected chi connectivity index (χ4v) is 2.51. The molecule has 0 saturated carbocycles. The SMILES string of the molecule is CN=C(NCc1cccs1)NCC(C)Cn1cccn1. The van der Waals surface area contributed by atoms with E-state index in [4.69, 9.17) is 0 Å². The molecule has 2 aromatic rings. The second-order valence-corrected chi connectivity index (χ2v) is 5.75. The van der Waals surface area contributed by atoms with Crippen molar-refractivity contribution in [3.8, 4) is 0 Å². The monoisotopic (exact) mass is 291 g/mol. The summed E-state index contributed by atoms with van der Waals surface area (Å²) in [5.74, 6) is 1.32. The highest BCUT2D eigenvalue weighted by Gasteiger charge is 2.05. The van der Waals surface area contributed by atoms with Crippen molar-refractivity contribution in [2.45, 2.75) is 20.0 Å². The normalized spacial score (nSPS) is 13.2. The maximum absolute atomic E-state index is 4.23. The quantitative estimate of drug-likeness (QED) is 0.632. The van der Waals surface area contributed by atoms with Crippen LogP contribution in [0.3, 0.4) is 0 Å². The lowest BCUT2D eigenvalue weighted by Gasteiger charge is -2.15. The molecule has 0 saturated heterocycles. The summed E-state index contributed by atoms with van der Waals surface area (Å²) in [4.78, 5) is 5.54. The predicted molar refractivity (Wildman–Crippen MR) is 83.9 cm³/mol. The van der Waals surface area contributed by atoms with Crippen LogP contribution in [0.1, 0.15) is 11.8 Å². The Kier molecular flexibility index (Phi) is 5.61. The summed E-state index contributed by atoms with van der Waals surface area (Å²) >= 11 is 1.75. The first-order valence-electron chi connectivity index (χ1n) is 6.72. The summed E-state index contributed by atoms with van der Waals surface area (Å²) in [5, 5.41) is 13.0. The zero-order valence-electron chi connectivity index (χ0n) is 11.9. The fourth-order valence-electron chi connectivity index (χ4n) is 1.87. The Hall–Kier alpha value is -1.82. The molecule has 2 rings (SSSR count). The minimum absolute atomic E-state index is 0.482. The van der Waals surface area contributed by atoms with Crippen molar-refractivity contribution in [3.63, 3.8) is 0 Å². The van der Waals surface area contributed by atoms with E-state index in [1.165, 1.54) is 4.88 Å². The van der Waals surface area contributed by atoms with Crippen molar-refractivity contribution in [2.24, 2.45) is 10.9 Å². The molecule has 0 amide bonds. The van der Waals surface area contributed by atoms with Gasteiger partial charge in [0.1, 0.15) is 0 Å². The van der Waals surface area contributed by atoms with Crippen LogP contribution in [0.15, 0.2) is 41.0 Å². The highest BCUT2D eigenvalue weighted by molar-refractivity contribution is 7.09. The highest BCUT2D eigenvalue weighted by atomic mass is 32.1. The first kappa shape index (κ1) is 14.6. The Morgan fingerprint density at radius 1 is 1.45 bits per heavy atom. The van der Waals surface area contributed by atoms with Gasteiger partial charge in [-0.3, -0.25) is 9.67 Å². The van der Waals surface area contributed by atoms with Crippen LogP contribution in [0.5, 0.6) is 0 Å². The number of nitrogens with zero attached hydrogens (tertiary/aromatic N) is 3. The number of hydrogen-bond acceptors (Lipinski definition) is 3. The molecular formula is C14H21N5S. The summed E-state index contributed by atoms with van der Waals surface area (Å²) in [6.07, 6.45) is 3.79. The number of aliphatic imine (C=N–C) groups is 1. The van der Waals surface area contributed by atoms with E-state index in [-0.39, 0.29) is 0 Å². The molecule has 1 unspecified atom stereocenters. The maximum Gasteiger partial charge on any atom is 0.191 e. The van der Waals surface area contributed by atoms with Gasteiger partial charge in [-0.25, -0.2) is 0 Å². The van der Waals surface area contributed by atoms with E-state index in [1.807, 2.05) is 23.1 Å². The molecule has 2 heterocycles. The topological polar surface area (TPSA) is 54.2 Å². The largest absolute Gasteiger partial charge is 0.356 e. The number of thiophene rings is 1. The molecule has 0 aliphatic carbocycles. The number of nitrogens with one attached hydrogen (secondary N) is 2. The van der Waals surface area contributed by atoms with Crippen molar-refractivity contribution in [3.05, 3.63) is 40.8 Å². The van der Waals surface area contributed by atoms with Crippen LogP contribution in [-0.4, -0.2) is 29.3 Å². The van der Waals surface area contributed by atoms with E-state index < -0.39 is 0 Å². The van der Waals surface area contributed by atoms with Gasteiger partial charge in [0.15, 0.2) is 5.96 Å². The minimum Gasteiger partial charge on any atom is -0.356 e. The van der Waals surface area contributed by atoms with Crippen LogP contribution in [-0.2, 0) is 13.1 Å². The first-order valence-corrected chi connectivity index (χ1v) is 7.60. The molecule has 20 heavy (non-hydrogen) atoms. The van der Waals surface area contributed by atoms with Gasteiger partial charge < -0.3 is 10.6 Å². The fraction of sp³-hybridized carbons (Fsp3) is 0.429. The van der Waals surface area contributed by atoms with E-state index in [1.54, 1.807) is 18.4 Å². The Bertz CT molecular complexity index is 504. The van der Waals surface area contributed by atoms with Gasteiger partial charge in [-0.2, -0.15) is 5.10 Å². The first-order chi connectivity index (χ1) is 9.78. The number of rotatable bonds is 6. The molecule has 0 bridgehead atoms. The summed E-state index contributed by atoms with van der Waals surface area (Å²) in [7, 11) is 1.79. The van der Waals surface area contributed by atoms with E-state index in [0.717, 1.165) is 25.6 Å². The highest BCUT2D eigenvalue weighted by Crippen LogP contribution is 2.07. The van der Waals surface area contributed by atoms with Crippen LogP contribution in [0, 0.1) is 5.92 Å². The van der Waals surface area contributed by atoms with Crippen LogP contribution in [0.4, 0.5) is 0 Å². The summed E-state index contributed by atoms with van der Waals surface area (Å²) in [6, 6.07) is 6.12. The average Bonchev–Trinajstić information content (AvgIpc) is 3.12. The number of hydrogen-bond donors (Lipinski definition) is 2. The van der Waals surface area contributed by atoms with E-state index in [0.29, 0.717) is 5.92 Å². The zero-order chi connectivity index (χ0) is 14.2. The van der Waals surface area contributed by atoms with Gasteiger partial charge in [0.05, 0.1) is 6.54 Å². The molecule has 6 heteroatoms. The molecule has 108 valence electrons. The lowest BCUT2D eigenvalue weighted by molar-refractivity contribution is 0.443. The van der Waals surface area contributed by atoms with Gasteiger partial charge in [-0.15, -0.1) is 11.3 Å². The maximum atomic E-state index is 4.23. The molecule has 5 nitrogen and oxygen atoms in total. The predicted octanol–water partition coefficient (Wildman–Crippen LogP) is 1.95. The van der Waals surface area contributed by atoms with Crippen LogP contribution >= 0.6 is 11.3 Å². The van der Waals surface area contributed by atoms with E-state index >= 15 is 0 Å². The summed E-state index contributed by atoms with van der Waals surface area (Å²) in [6.45, 7) is 4.78. The van der Waals surface area contributed by atoms with Gasteiger partial charge in [-0.1, -0.05) is 13.0 Å². The number of guanidine groups is 1. The molecule has 0 aliphatic heterocycles. The molecule has 1 atom stereocenters. The lowest BCUT2D eigenvalue weighted by Crippen LogP contribution is -2.39. The van der Waals surface area contributed by atoms with Crippen molar-refractivity contribution in [1.82, 2.24) is 20.4 Å². The zero-order valence-corrected chi connectivity index (χ0v) is 12.7. The van der Waals surface area contributed by atoms with E-state index in [2.05, 4.69) is 45.2 Å². The van der Waals surface area contributed by atoms with Gasteiger partial charge in [-0.05, 0) is 23.4 Å². The molecule has 2 N–H and O–H groups in total. The number of aromatic nitrogens is 2. The molecule has 2 aromatic heterocycles. The van der Waals surface area contributed by atoms with Gasteiger partial charge >= 0.3 is 0 Å². The van der Waals surface area contributed by atoms with Crippen LogP contribution in [0.2, 0.25) is 0 Å². The summed E-state index contributed by atoms with van der Waals surface area (Å²) in [5.41, 5.74) is 0. The average molecular weight is 291 g/mol. The summed E-state index contributed by atoms with van der Waals surface area (Å²) < 4.78 is 1.95. The lowest BCUT2D eigenvalue weighted by atomic mass is 10.2. The molecule has 0 aliphatic rings. The van der Waals surface area contributed by atoms with Crippen LogP contribution in [0.25, 0.3) is 0 Å². The standard InChI is InChI=1S/C14H21N5S/c1-12(11-19-7-4-6-18-19)9-16-14(15-2)17-10-13-5-3-8-20-13/h3-8,12H,9-11H2,1-2H3,(H2,15,16,17). The third kappa shape index (κ3) is 4.70. The van der Waals surface area contributed by atoms with Crippen molar-refractivity contribution in [2.75, 3.05) is 13.6 Å². The third-order valence-electron chi connectivity index (χ3n) is 2.91. The van der Waals surface area contributed by atoms with Crippen molar-refractivity contribution >= 4 is 17.3 Å². The molecular weight excluding hydrogens is 270 g/mol. The molecule has 0 radical (unpaired) electrons. The second kappa shape index (κ2) is 7.69. The Morgan fingerprint density at radius 2 is 2.35 bits per heavy atom. The smallest absolute Gasteiger partial charge is 0.191 e. The Morgan fingerprint density at radius 3 is 3.00 bits per heavy atom. The Balaban J connectivity index is 1.70. The third-order valence-corrected chi connectivity index (χ3v) is 3.79. The molecule has 0 aromatic carbocycles. The van der Waals surface area contributed by atoms with Crippen molar-refractivity contribution < 1.29 is 0 Å². The Labute approximate surface area is 123 Å². The second-order valence-electron chi connectivity index (χ2n) is 4.72. The van der Waals surface area contributed by atoms with Gasteiger partial charge in [0, 0.05) is 37.4 Å². The van der Waals surface area contributed by atoms with E-state index in [9.17, 15) is 0 Å². The molecule has 0 fully saturated rings. The molecule has 0 spiro atoms. The van der Waals surface area contributed by atoms with Gasteiger partial charge in [0.2, 0.25) is 0 Å². The van der Waals surface area contributed by atoms with Gasteiger partial charge in [0.25, 0.3) is 0 Å². The van der Waals surface area contributed by atoms with Crippen LogP contribution < -0.4 is 10.6 Å². The minimum atomic E-state index is 0.482. The van der Waals surface area contributed by atoms with Crippen molar-refractivity contribution in [1.29, 1.82) is 0 Å².